The van der Waals surface area contributed by atoms with Crippen LogP contribution in [0.3, 0.4) is 0 Å². The Balaban J connectivity index is 1.47. The summed E-state index contributed by atoms with van der Waals surface area (Å²) < 4.78 is 3.64. The summed E-state index contributed by atoms with van der Waals surface area (Å²) in [7, 11) is 1.84. The van der Waals surface area contributed by atoms with Crippen LogP contribution in [0.2, 0.25) is 0 Å². The minimum Gasteiger partial charge on any atom is -0.342 e. The van der Waals surface area contributed by atoms with Crippen LogP contribution in [0.15, 0.2) is 49.1 Å². The van der Waals surface area contributed by atoms with Crippen LogP contribution >= 0.6 is 11.3 Å². The number of anilines is 1. The first-order valence-electron chi connectivity index (χ1n) is 10.1. The van der Waals surface area contributed by atoms with Crippen molar-refractivity contribution in [3.05, 3.63) is 53.9 Å². The maximum absolute atomic E-state index is 12.7. The second-order valence-electron chi connectivity index (χ2n) is 7.17. The fraction of sp³-hybridized carbons (Fsp3) is 0.273. The zero-order chi connectivity index (χ0) is 22.0. The number of aromatic nitrogens is 4. The number of amides is 2. The predicted octanol–water partition coefficient (Wildman–Crippen LogP) is 3.62. The zero-order valence-corrected chi connectivity index (χ0v) is 18.5. The van der Waals surface area contributed by atoms with Gasteiger partial charge in [0.15, 0.2) is 0 Å². The van der Waals surface area contributed by atoms with Crippen LogP contribution in [-0.2, 0) is 18.4 Å². The first kappa shape index (κ1) is 20.8. The number of benzene rings is 1. The molecule has 0 bridgehead atoms. The zero-order valence-electron chi connectivity index (χ0n) is 17.7. The average Bonchev–Trinajstić information content (AvgIpc) is 3.49. The van der Waals surface area contributed by atoms with E-state index in [0.29, 0.717) is 30.2 Å². The topological polar surface area (TPSA) is 85.1 Å². The van der Waals surface area contributed by atoms with Gasteiger partial charge in [-0.15, -0.1) is 11.3 Å². The van der Waals surface area contributed by atoms with Gasteiger partial charge in [-0.1, -0.05) is 0 Å². The third-order valence-electron chi connectivity index (χ3n) is 5.13. The number of thiazole rings is 1. The van der Waals surface area contributed by atoms with Gasteiger partial charge in [-0.25, -0.2) is 4.98 Å². The van der Waals surface area contributed by atoms with Crippen molar-refractivity contribution in [2.45, 2.75) is 20.4 Å². The van der Waals surface area contributed by atoms with Crippen molar-refractivity contribution >= 4 is 39.7 Å². The van der Waals surface area contributed by atoms with Crippen molar-refractivity contribution in [1.29, 1.82) is 0 Å². The number of aryl methyl sites for hydroxylation is 1. The number of nitrogens with one attached hydrogen (secondary N) is 1. The van der Waals surface area contributed by atoms with Gasteiger partial charge in [-0.3, -0.25) is 14.3 Å². The molecule has 4 aromatic rings. The highest BCUT2D eigenvalue weighted by atomic mass is 32.1. The summed E-state index contributed by atoms with van der Waals surface area (Å²) in [6, 6.07) is 7.64. The summed E-state index contributed by atoms with van der Waals surface area (Å²) in [6.07, 6.45) is 7.07. The molecule has 0 atom stereocenters. The highest BCUT2D eigenvalue weighted by molar-refractivity contribution is 7.17. The number of nitrogens with zero attached hydrogens (tertiary/aromatic N) is 5. The second-order valence-corrected chi connectivity index (χ2v) is 8.20. The van der Waals surface area contributed by atoms with Crippen molar-refractivity contribution < 1.29 is 9.59 Å². The summed E-state index contributed by atoms with van der Waals surface area (Å²) in [5, 5.41) is 8.79. The van der Waals surface area contributed by atoms with E-state index >= 15 is 0 Å². The molecule has 0 radical (unpaired) electrons. The second kappa shape index (κ2) is 8.73. The maximum Gasteiger partial charge on any atom is 0.267 e. The summed E-state index contributed by atoms with van der Waals surface area (Å²) in [6.45, 7) is 5.66. The lowest BCUT2D eigenvalue weighted by molar-refractivity contribution is -0.131. The fourth-order valence-corrected chi connectivity index (χ4v) is 4.26. The van der Waals surface area contributed by atoms with E-state index in [-0.39, 0.29) is 11.8 Å². The van der Waals surface area contributed by atoms with Crippen LogP contribution in [0.25, 0.3) is 21.5 Å². The normalized spacial score (nSPS) is 11.1. The van der Waals surface area contributed by atoms with Gasteiger partial charge >= 0.3 is 0 Å². The van der Waals surface area contributed by atoms with E-state index in [1.807, 2.05) is 67.0 Å². The van der Waals surface area contributed by atoms with Gasteiger partial charge in [0.1, 0.15) is 16.4 Å². The lowest BCUT2D eigenvalue weighted by Crippen LogP contribution is -2.33. The summed E-state index contributed by atoms with van der Waals surface area (Å²) in [5.74, 6) is -0.113. The number of carbonyl (C=O) groups is 2. The van der Waals surface area contributed by atoms with E-state index in [9.17, 15) is 9.59 Å². The molecule has 0 aliphatic carbocycles. The molecule has 8 nitrogen and oxygen atoms in total. The molecule has 0 fully saturated rings. The Labute approximate surface area is 184 Å². The molecule has 160 valence electrons. The highest BCUT2D eigenvalue weighted by Crippen LogP contribution is 2.26. The molecule has 9 heteroatoms. The van der Waals surface area contributed by atoms with Crippen LogP contribution in [0.4, 0.5) is 5.69 Å². The molecule has 0 aliphatic rings. The van der Waals surface area contributed by atoms with Crippen molar-refractivity contribution in [3.63, 3.8) is 0 Å². The van der Waals surface area contributed by atoms with Gasteiger partial charge in [0.05, 0.1) is 12.4 Å². The lowest BCUT2D eigenvalue weighted by Gasteiger charge is -2.19. The molecule has 0 spiro atoms. The molecule has 0 aliphatic heterocycles. The van der Waals surface area contributed by atoms with Gasteiger partial charge in [0.25, 0.3) is 5.91 Å². The molecule has 2 amide bonds. The molecule has 3 aromatic heterocycles. The van der Waals surface area contributed by atoms with Gasteiger partial charge in [0, 0.05) is 54.7 Å². The first-order chi connectivity index (χ1) is 15.0. The van der Waals surface area contributed by atoms with Crippen molar-refractivity contribution in [2.75, 3.05) is 18.4 Å². The summed E-state index contributed by atoms with van der Waals surface area (Å²) in [4.78, 5) is 31.8. The predicted molar refractivity (Wildman–Crippen MR) is 122 cm³/mol. The van der Waals surface area contributed by atoms with E-state index < -0.39 is 0 Å². The highest BCUT2D eigenvalue weighted by Gasteiger charge is 2.15. The van der Waals surface area contributed by atoms with E-state index in [4.69, 9.17) is 0 Å². The molecular weight excluding hydrogens is 412 g/mol. The number of carbonyl (C=O) groups excluding carboxylic acids is 2. The molecule has 31 heavy (non-hydrogen) atoms. The molecule has 4 rings (SSSR count). The number of hydrogen-bond acceptors (Lipinski definition) is 5. The van der Waals surface area contributed by atoms with Gasteiger partial charge in [-0.05, 0) is 38.1 Å². The minimum absolute atomic E-state index is 0.0921. The largest absolute Gasteiger partial charge is 0.342 e. The van der Waals surface area contributed by atoms with Crippen molar-refractivity contribution in [2.24, 2.45) is 7.05 Å². The lowest BCUT2D eigenvalue weighted by atomic mass is 10.2. The van der Waals surface area contributed by atoms with Gasteiger partial charge in [-0.2, -0.15) is 5.10 Å². The van der Waals surface area contributed by atoms with E-state index in [0.717, 1.165) is 21.5 Å². The number of rotatable bonds is 7. The third kappa shape index (κ3) is 4.36. The minimum atomic E-state index is -0.205. The Morgan fingerprint density at radius 1 is 1.16 bits per heavy atom. The molecule has 3 heterocycles. The Bertz CT molecular complexity index is 1230. The van der Waals surface area contributed by atoms with Crippen molar-refractivity contribution in [1.82, 2.24) is 24.2 Å². The molecule has 1 aromatic carbocycles. The Morgan fingerprint density at radius 3 is 2.68 bits per heavy atom. The average molecular weight is 437 g/mol. The summed E-state index contributed by atoms with van der Waals surface area (Å²) >= 11 is 1.33. The number of hydrogen-bond donors (Lipinski definition) is 1. The smallest absolute Gasteiger partial charge is 0.267 e. The van der Waals surface area contributed by atoms with Crippen LogP contribution in [0.1, 0.15) is 23.5 Å². The SMILES string of the molecule is CCN(CC)C(=O)Cn1ccc2cc(NC(=O)c3cnc(-c4cnn(C)c4)s3)ccc21. The first-order valence-corrected chi connectivity index (χ1v) is 10.9. The standard InChI is InChI=1S/C22H24N6O2S/c1-4-27(5-2)20(29)14-28-9-8-15-10-17(6-7-18(15)28)25-21(30)19-12-23-22(31-19)16-11-24-26(3)13-16/h6-13H,4-5,14H2,1-3H3,(H,25,30). The molecule has 0 saturated heterocycles. The van der Waals surface area contributed by atoms with Crippen LogP contribution in [0.5, 0.6) is 0 Å². The third-order valence-corrected chi connectivity index (χ3v) is 6.18. The van der Waals surface area contributed by atoms with E-state index in [1.165, 1.54) is 11.3 Å². The quantitative estimate of drug-likeness (QED) is 0.480. The fourth-order valence-electron chi connectivity index (χ4n) is 3.47. The van der Waals surface area contributed by atoms with Crippen LogP contribution < -0.4 is 5.32 Å². The Hall–Kier alpha value is -3.46. The van der Waals surface area contributed by atoms with Gasteiger partial charge in [0.2, 0.25) is 5.91 Å². The number of likely N-dealkylation sites (N-methyl/N-ethyl adjacent to an activating group) is 1. The Kier molecular flexibility index (Phi) is 5.85. The monoisotopic (exact) mass is 436 g/mol. The van der Waals surface area contributed by atoms with Crippen LogP contribution in [-0.4, -0.2) is 49.1 Å². The molecule has 0 unspecified atom stereocenters. The molecule has 1 N–H and O–H groups in total. The Morgan fingerprint density at radius 2 is 1.97 bits per heavy atom. The summed E-state index contributed by atoms with van der Waals surface area (Å²) in [5.41, 5.74) is 2.53. The van der Waals surface area contributed by atoms with Gasteiger partial charge < -0.3 is 14.8 Å². The van der Waals surface area contributed by atoms with Crippen LogP contribution in [0, 0.1) is 0 Å². The van der Waals surface area contributed by atoms with E-state index in [2.05, 4.69) is 15.4 Å². The molecular formula is C22H24N6O2S. The number of fused-ring (bicyclic) bond motifs is 1. The molecule has 0 saturated carbocycles. The van der Waals surface area contributed by atoms with E-state index in [1.54, 1.807) is 17.1 Å². The maximum atomic E-state index is 12.7. The van der Waals surface area contributed by atoms with Crippen molar-refractivity contribution in [3.8, 4) is 10.6 Å².